The molecule has 0 saturated heterocycles. The second-order valence-corrected chi connectivity index (χ2v) is 10.7. The molecule has 194 valence electrons. The van der Waals surface area contributed by atoms with Crippen molar-refractivity contribution < 1.29 is 19.1 Å². The first-order valence-electron chi connectivity index (χ1n) is 13.2. The van der Waals surface area contributed by atoms with Crippen LogP contribution in [0.4, 0.5) is 0 Å². The molecule has 3 aliphatic rings. The number of carbonyl (C=O) groups excluding carboxylic acids is 2. The molecule has 0 unspecified atom stereocenters. The van der Waals surface area contributed by atoms with E-state index in [4.69, 9.17) is 21.1 Å². The number of dihydropyridines is 1. The average molecular weight is 528 g/mol. The summed E-state index contributed by atoms with van der Waals surface area (Å²) >= 11 is 6.86. The molecule has 0 amide bonds. The van der Waals surface area contributed by atoms with Crippen molar-refractivity contribution in [3.63, 3.8) is 0 Å². The van der Waals surface area contributed by atoms with Gasteiger partial charge in [-0.1, -0.05) is 48.0 Å². The number of aryl methyl sites for hydroxylation is 1. The average Bonchev–Trinajstić information content (AvgIpc) is 2.92. The molecule has 38 heavy (non-hydrogen) atoms. The molecule has 0 saturated carbocycles. The Kier molecular flexibility index (Phi) is 6.48. The Morgan fingerprint density at radius 1 is 0.921 bits per heavy atom. The van der Waals surface area contributed by atoms with Crippen molar-refractivity contribution in [2.45, 2.75) is 58.0 Å². The number of carbonyl (C=O) groups is 2. The molecular formula is C32H30ClNO4. The van der Waals surface area contributed by atoms with Gasteiger partial charge in [0.05, 0.1) is 12.1 Å². The van der Waals surface area contributed by atoms with Gasteiger partial charge in [0.1, 0.15) is 6.61 Å². The summed E-state index contributed by atoms with van der Waals surface area (Å²) in [7, 11) is 1.58. The fraction of sp³-hybridized carbons (Fsp3) is 0.312. The zero-order chi connectivity index (χ0) is 26.4. The molecule has 3 aromatic carbocycles. The van der Waals surface area contributed by atoms with E-state index in [0.717, 1.165) is 64.5 Å². The van der Waals surface area contributed by atoms with Crippen molar-refractivity contribution in [1.29, 1.82) is 0 Å². The fourth-order valence-electron chi connectivity index (χ4n) is 6.14. The molecule has 3 aromatic rings. The lowest BCUT2D eigenvalue weighted by Crippen LogP contribution is -2.36. The van der Waals surface area contributed by atoms with E-state index >= 15 is 0 Å². The standard InChI is InChI=1S/C32H30ClNO4/c1-18-13-14-19-7-3-4-8-21(19)22(18)17-38-32-23(33)15-20(16-28(32)37-2)29-30-24(9-5-11-26(30)35)34-25-10-6-12-27(36)31(25)29/h3-4,7-8,13-16,29,34H,5-6,9-12,17H2,1-2H3. The van der Waals surface area contributed by atoms with Crippen LogP contribution in [-0.4, -0.2) is 18.7 Å². The second kappa shape index (κ2) is 9.95. The Balaban J connectivity index is 1.41. The van der Waals surface area contributed by atoms with Crippen LogP contribution in [0.15, 0.2) is 71.1 Å². The fourth-order valence-corrected chi connectivity index (χ4v) is 6.42. The van der Waals surface area contributed by atoms with E-state index in [2.05, 4.69) is 36.5 Å². The molecule has 2 aliphatic carbocycles. The summed E-state index contributed by atoms with van der Waals surface area (Å²) in [6.07, 6.45) is 4.23. The topological polar surface area (TPSA) is 64.6 Å². The predicted molar refractivity (Wildman–Crippen MR) is 149 cm³/mol. The third kappa shape index (κ3) is 4.19. The van der Waals surface area contributed by atoms with Crippen LogP contribution in [0.5, 0.6) is 11.5 Å². The minimum atomic E-state index is -0.442. The highest BCUT2D eigenvalue weighted by atomic mass is 35.5. The molecule has 6 heteroatoms. The van der Waals surface area contributed by atoms with E-state index in [1.807, 2.05) is 24.3 Å². The monoisotopic (exact) mass is 527 g/mol. The van der Waals surface area contributed by atoms with Gasteiger partial charge in [-0.2, -0.15) is 0 Å². The highest BCUT2D eigenvalue weighted by Crippen LogP contribution is 2.48. The summed E-state index contributed by atoms with van der Waals surface area (Å²) in [5.41, 5.74) is 6.30. The van der Waals surface area contributed by atoms with Crippen LogP contribution in [0, 0.1) is 6.92 Å². The lowest BCUT2D eigenvalue weighted by molar-refractivity contribution is -0.117. The number of methoxy groups -OCH3 is 1. The Morgan fingerprint density at radius 3 is 2.29 bits per heavy atom. The van der Waals surface area contributed by atoms with Crippen LogP contribution in [-0.2, 0) is 16.2 Å². The van der Waals surface area contributed by atoms with Gasteiger partial charge in [-0.25, -0.2) is 0 Å². The van der Waals surface area contributed by atoms with Crippen molar-refractivity contribution in [2.75, 3.05) is 7.11 Å². The smallest absolute Gasteiger partial charge is 0.180 e. The predicted octanol–water partition coefficient (Wildman–Crippen LogP) is 7.09. The first-order valence-corrected chi connectivity index (χ1v) is 13.6. The number of fused-ring (bicyclic) bond motifs is 1. The lowest BCUT2D eigenvalue weighted by Gasteiger charge is -2.37. The molecule has 0 bridgehead atoms. The Hall–Kier alpha value is -3.57. The quantitative estimate of drug-likeness (QED) is 0.383. The molecule has 0 aromatic heterocycles. The van der Waals surface area contributed by atoms with Gasteiger partial charge in [-0.15, -0.1) is 0 Å². The van der Waals surface area contributed by atoms with Crippen molar-refractivity contribution in [1.82, 2.24) is 5.32 Å². The summed E-state index contributed by atoms with van der Waals surface area (Å²) in [5, 5.41) is 6.14. The third-order valence-electron chi connectivity index (χ3n) is 8.01. The van der Waals surface area contributed by atoms with Gasteiger partial charge in [0.25, 0.3) is 0 Å². The Morgan fingerprint density at radius 2 is 1.61 bits per heavy atom. The zero-order valence-electron chi connectivity index (χ0n) is 21.7. The van der Waals surface area contributed by atoms with Gasteiger partial charge in [0.15, 0.2) is 23.1 Å². The van der Waals surface area contributed by atoms with E-state index in [1.165, 1.54) is 0 Å². The molecule has 1 aliphatic heterocycles. The molecule has 1 heterocycles. The van der Waals surface area contributed by atoms with E-state index in [0.29, 0.717) is 47.1 Å². The molecule has 0 radical (unpaired) electrons. The summed E-state index contributed by atoms with van der Waals surface area (Å²) in [4.78, 5) is 26.4. The highest BCUT2D eigenvalue weighted by molar-refractivity contribution is 6.32. The van der Waals surface area contributed by atoms with Gasteiger partial charge in [-0.05, 0) is 66.6 Å². The SMILES string of the molecule is COc1cc(C2C3=C(CCCC3=O)NC3=C2C(=O)CCC3)cc(Cl)c1OCc1c(C)ccc2ccccc12. The number of allylic oxidation sites excluding steroid dienone is 4. The number of hydrogen-bond acceptors (Lipinski definition) is 5. The molecule has 0 atom stereocenters. The molecule has 6 rings (SSSR count). The molecule has 5 nitrogen and oxygen atoms in total. The summed E-state index contributed by atoms with van der Waals surface area (Å²) < 4.78 is 12.1. The molecule has 1 N–H and O–H groups in total. The van der Waals surface area contributed by atoms with Crippen LogP contribution >= 0.6 is 11.6 Å². The zero-order valence-corrected chi connectivity index (χ0v) is 22.4. The van der Waals surface area contributed by atoms with Crippen LogP contribution in [0.25, 0.3) is 10.8 Å². The normalized spacial score (nSPS) is 17.9. The maximum absolute atomic E-state index is 13.2. The van der Waals surface area contributed by atoms with Crippen LogP contribution in [0.2, 0.25) is 5.02 Å². The maximum atomic E-state index is 13.2. The number of rotatable bonds is 5. The van der Waals surface area contributed by atoms with Crippen molar-refractivity contribution in [3.05, 3.63) is 92.8 Å². The van der Waals surface area contributed by atoms with Crippen molar-refractivity contribution in [3.8, 4) is 11.5 Å². The summed E-state index contributed by atoms with van der Waals surface area (Å²) in [5.74, 6) is 0.681. The minimum Gasteiger partial charge on any atom is -0.493 e. The van der Waals surface area contributed by atoms with Gasteiger partial charge in [-0.3, -0.25) is 9.59 Å². The third-order valence-corrected chi connectivity index (χ3v) is 8.29. The first-order chi connectivity index (χ1) is 18.5. The number of Topliss-reactive ketones (excluding diaryl/α,β-unsaturated/α-hetero) is 2. The summed E-state index contributed by atoms with van der Waals surface area (Å²) in [6, 6.07) is 16.2. The number of halogens is 1. The molecule has 0 fully saturated rings. The van der Waals surface area contributed by atoms with Crippen LogP contribution in [0.3, 0.4) is 0 Å². The number of ether oxygens (including phenoxy) is 2. The van der Waals surface area contributed by atoms with E-state index < -0.39 is 5.92 Å². The maximum Gasteiger partial charge on any atom is 0.180 e. The number of ketones is 2. The largest absolute Gasteiger partial charge is 0.493 e. The Labute approximate surface area is 227 Å². The highest BCUT2D eigenvalue weighted by Gasteiger charge is 2.40. The summed E-state index contributed by atoms with van der Waals surface area (Å²) in [6.45, 7) is 2.40. The van der Waals surface area contributed by atoms with E-state index in [9.17, 15) is 9.59 Å². The molecule has 0 spiro atoms. The van der Waals surface area contributed by atoms with Crippen molar-refractivity contribution in [2.24, 2.45) is 0 Å². The minimum absolute atomic E-state index is 0.0931. The number of nitrogens with one attached hydrogen (secondary N) is 1. The van der Waals surface area contributed by atoms with Gasteiger partial charge in [0.2, 0.25) is 0 Å². The van der Waals surface area contributed by atoms with Crippen LogP contribution in [0.1, 0.15) is 61.1 Å². The van der Waals surface area contributed by atoms with Gasteiger partial charge in [0, 0.05) is 46.9 Å². The lowest BCUT2D eigenvalue weighted by atomic mass is 9.71. The van der Waals surface area contributed by atoms with E-state index in [1.54, 1.807) is 7.11 Å². The number of benzene rings is 3. The Bertz CT molecular complexity index is 1510. The van der Waals surface area contributed by atoms with E-state index in [-0.39, 0.29) is 11.6 Å². The molecular weight excluding hydrogens is 498 g/mol. The van der Waals surface area contributed by atoms with Gasteiger partial charge >= 0.3 is 0 Å². The number of hydrogen-bond donors (Lipinski definition) is 1. The first kappa shape index (κ1) is 24.7. The second-order valence-electron chi connectivity index (χ2n) is 10.3. The van der Waals surface area contributed by atoms with Crippen LogP contribution < -0.4 is 14.8 Å². The van der Waals surface area contributed by atoms with Crippen molar-refractivity contribution >= 4 is 33.9 Å². The van der Waals surface area contributed by atoms with Gasteiger partial charge < -0.3 is 14.8 Å².